The van der Waals surface area contributed by atoms with E-state index in [1.807, 2.05) is 0 Å². The molecule has 1 aromatic rings. The minimum Gasteiger partial charge on any atom is -0.338 e. The zero-order valence-electron chi connectivity index (χ0n) is 14.2. The van der Waals surface area contributed by atoms with Gasteiger partial charge in [0.2, 0.25) is 5.91 Å². The van der Waals surface area contributed by atoms with E-state index in [2.05, 4.69) is 41.4 Å². The Labute approximate surface area is 139 Å². The molecule has 3 aliphatic rings. The summed E-state index contributed by atoms with van der Waals surface area (Å²) in [5, 5.41) is 3.42. The Morgan fingerprint density at radius 1 is 1.39 bits per heavy atom. The summed E-state index contributed by atoms with van der Waals surface area (Å²) in [6.45, 7) is 5.12. The highest BCUT2D eigenvalue weighted by Crippen LogP contribution is 2.61. The first kappa shape index (κ1) is 15.2. The first-order valence-electron chi connectivity index (χ1n) is 9.36. The van der Waals surface area contributed by atoms with Gasteiger partial charge in [0.1, 0.15) is 0 Å². The Kier molecular flexibility index (Phi) is 3.92. The molecule has 3 unspecified atom stereocenters. The topological polar surface area (TPSA) is 32.3 Å². The van der Waals surface area contributed by atoms with E-state index in [0.29, 0.717) is 11.9 Å². The van der Waals surface area contributed by atoms with Crippen LogP contribution >= 0.6 is 0 Å². The van der Waals surface area contributed by atoms with E-state index < -0.39 is 0 Å². The van der Waals surface area contributed by atoms with Crippen LogP contribution in [0.2, 0.25) is 0 Å². The highest BCUT2D eigenvalue weighted by atomic mass is 16.2. The summed E-state index contributed by atoms with van der Waals surface area (Å²) in [6, 6.07) is 9.25. The largest absolute Gasteiger partial charge is 0.338 e. The molecule has 2 aliphatic carbocycles. The monoisotopic (exact) mass is 312 g/mol. The summed E-state index contributed by atoms with van der Waals surface area (Å²) in [4.78, 5) is 15.5. The fourth-order valence-electron chi connectivity index (χ4n) is 4.98. The van der Waals surface area contributed by atoms with Crippen molar-refractivity contribution in [1.82, 2.24) is 10.2 Å². The first-order chi connectivity index (χ1) is 11.3. The molecule has 0 bridgehead atoms. The van der Waals surface area contributed by atoms with Gasteiger partial charge in [-0.2, -0.15) is 0 Å². The quantitative estimate of drug-likeness (QED) is 0.927. The van der Waals surface area contributed by atoms with Gasteiger partial charge < -0.3 is 10.2 Å². The average molecular weight is 312 g/mol. The molecule has 2 fully saturated rings. The molecule has 3 nitrogen and oxygen atoms in total. The van der Waals surface area contributed by atoms with Crippen molar-refractivity contribution >= 4 is 5.91 Å². The number of hydrogen-bond acceptors (Lipinski definition) is 2. The molecule has 1 saturated carbocycles. The molecule has 1 amide bonds. The SMILES string of the molecule is CCCN(C(=O)C1CC12CCCc1ccccc12)C1CCNC1. The molecule has 1 spiro atoms. The van der Waals surface area contributed by atoms with Gasteiger partial charge >= 0.3 is 0 Å². The molecule has 4 rings (SSSR count). The molecule has 124 valence electrons. The lowest BCUT2D eigenvalue weighted by Gasteiger charge is -2.31. The number of amides is 1. The number of nitrogens with zero attached hydrogens (tertiary/aromatic N) is 1. The lowest BCUT2D eigenvalue weighted by atomic mass is 9.78. The van der Waals surface area contributed by atoms with Crippen molar-refractivity contribution in [1.29, 1.82) is 0 Å². The number of carbonyl (C=O) groups is 1. The van der Waals surface area contributed by atoms with Crippen LogP contribution in [0.3, 0.4) is 0 Å². The maximum Gasteiger partial charge on any atom is 0.226 e. The van der Waals surface area contributed by atoms with Crippen molar-refractivity contribution in [2.24, 2.45) is 5.92 Å². The summed E-state index contributed by atoms with van der Waals surface area (Å²) >= 11 is 0. The van der Waals surface area contributed by atoms with E-state index in [0.717, 1.165) is 38.9 Å². The maximum atomic E-state index is 13.3. The van der Waals surface area contributed by atoms with Crippen LogP contribution in [0.4, 0.5) is 0 Å². The van der Waals surface area contributed by atoms with Crippen molar-refractivity contribution in [3.05, 3.63) is 35.4 Å². The minimum atomic E-state index is 0.171. The van der Waals surface area contributed by atoms with Gasteiger partial charge in [0.25, 0.3) is 0 Å². The number of hydrogen-bond donors (Lipinski definition) is 1. The summed E-state index contributed by atoms with van der Waals surface area (Å²) < 4.78 is 0. The predicted octanol–water partition coefficient (Wildman–Crippen LogP) is 2.88. The minimum absolute atomic E-state index is 0.171. The van der Waals surface area contributed by atoms with E-state index in [1.165, 1.54) is 30.4 Å². The molecular formula is C20H28N2O. The van der Waals surface area contributed by atoms with Crippen LogP contribution in [-0.2, 0) is 16.6 Å². The lowest BCUT2D eigenvalue weighted by Crippen LogP contribution is -2.44. The van der Waals surface area contributed by atoms with Crippen LogP contribution < -0.4 is 5.32 Å². The van der Waals surface area contributed by atoms with Gasteiger partial charge in [-0.1, -0.05) is 31.2 Å². The normalized spacial score (nSPS) is 31.9. The van der Waals surface area contributed by atoms with Gasteiger partial charge in [0.15, 0.2) is 0 Å². The van der Waals surface area contributed by atoms with E-state index in [-0.39, 0.29) is 11.3 Å². The predicted molar refractivity (Wildman–Crippen MR) is 92.4 cm³/mol. The Bertz CT molecular complexity index is 593. The summed E-state index contributed by atoms with van der Waals surface area (Å²) in [5.74, 6) is 0.661. The molecule has 3 atom stereocenters. The maximum absolute atomic E-state index is 13.3. The second-order valence-corrected chi connectivity index (χ2v) is 7.60. The number of carbonyl (C=O) groups excluding carboxylic acids is 1. The molecule has 1 N–H and O–H groups in total. The van der Waals surface area contributed by atoms with Gasteiger partial charge in [-0.3, -0.25) is 4.79 Å². The van der Waals surface area contributed by atoms with Crippen molar-refractivity contribution in [3.8, 4) is 0 Å². The van der Waals surface area contributed by atoms with Gasteiger partial charge in [0.05, 0.1) is 0 Å². The number of aryl methyl sites for hydroxylation is 1. The van der Waals surface area contributed by atoms with E-state index in [1.54, 1.807) is 0 Å². The Hall–Kier alpha value is -1.35. The fraction of sp³-hybridized carbons (Fsp3) is 0.650. The smallest absolute Gasteiger partial charge is 0.226 e. The third kappa shape index (κ3) is 2.50. The van der Waals surface area contributed by atoms with Crippen molar-refractivity contribution in [3.63, 3.8) is 0 Å². The molecule has 23 heavy (non-hydrogen) atoms. The van der Waals surface area contributed by atoms with Crippen LogP contribution in [0.1, 0.15) is 50.2 Å². The summed E-state index contributed by atoms with van der Waals surface area (Å²) in [5.41, 5.74) is 3.13. The van der Waals surface area contributed by atoms with E-state index in [4.69, 9.17) is 0 Å². The second-order valence-electron chi connectivity index (χ2n) is 7.60. The van der Waals surface area contributed by atoms with Crippen LogP contribution in [0.15, 0.2) is 24.3 Å². The molecular weight excluding hydrogens is 284 g/mol. The zero-order valence-corrected chi connectivity index (χ0v) is 14.2. The average Bonchev–Trinajstić information content (AvgIpc) is 3.04. The highest BCUT2D eigenvalue weighted by Gasteiger charge is 2.61. The Balaban J connectivity index is 1.57. The van der Waals surface area contributed by atoms with Crippen LogP contribution in [0, 0.1) is 5.92 Å². The summed E-state index contributed by atoms with van der Waals surface area (Å²) in [6.07, 6.45) is 6.86. The Morgan fingerprint density at radius 2 is 2.26 bits per heavy atom. The molecule has 1 aliphatic heterocycles. The van der Waals surface area contributed by atoms with Gasteiger partial charge in [-0.15, -0.1) is 0 Å². The molecule has 1 saturated heterocycles. The van der Waals surface area contributed by atoms with E-state index >= 15 is 0 Å². The Morgan fingerprint density at radius 3 is 3.04 bits per heavy atom. The molecule has 0 aromatic heterocycles. The van der Waals surface area contributed by atoms with Crippen LogP contribution in [0.25, 0.3) is 0 Å². The number of rotatable bonds is 4. The third-order valence-electron chi connectivity index (χ3n) is 6.22. The molecule has 3 heteroatoms. The standard InChI is InChI=1S/C20H28N2O/c1-2-12-22(16-9-11-21-14-16)19(23)18-13-20(18)10-5-7-15-6-3-4-8-17(15)20/h3-4,6,8,16,18,21H,2,5,7,9-14H2,1H3. The first-order valence-corrected chi connectivity index (χ1v) is 9.36. The van der Waals surface area contributed by atoms with Gasteiger partial charge in [-0.05, 0) is 56.2 Å². The third-order valence-corrected chi connectivity index (χ3v) is 6.22. The molecule has 1 heterocycles. The highest BCUT2D eigenvalue weighted by molar-refractivity contribution is 5.85. The van der Waals surface area contributed by atoms with Crippen molar-refractivity contribution < 1.29 is 4.79 Å². The van der Waals surface area contributed by atoms with Gasteiger partial charge in [0, 0.05) is 30.5 Å². The fourth-order valence-corrected chi connectivity index (χ4v) is 4.98. The van der Waals surface area contributed by atoms with Crippen LogP contribution in [-0.4, -0.2) is 36.5 Å². The number of nitrogens with one attached hydrogen (secondary N) is 1. The van der Waals surface area contributed by atoms with Crippen LogP contribution in [0.5, 0.6) is 0 Å². The summed E-state index contributed by atoms with van der Waals surface area (Å²) in [7, 11) is 0. The zero-order chi connectivity index (χ0) is 15.9. The van der Waals surface area contributed by atoms with Crippen molar-refractivity contribution in [2.45, 2.75) is 56.9 Å². The van der Waals surface area contributed by atoms with E-state index in [9.17, 15) is 4.79 Å². The molecule has 0 radical (unpaired) electrons. The van der Waals surface area contributed by atoms with Crippen molar-refractivity contribution in [2.75, 3.05) is 19.6 Å². The second kappa shape index (κ2) is 5.94. The number of benzene rings is 1. The lowest BCUT2D eigenvalue weighted by molar-refractivity contribution is -0.135. The number of fused-ring (bicyclic) bond motifs is 2. The molecule has 1 aromatic carbocycles. The van der Waals surface area contributed by atoms with Gasteiger partial charge in [-0.25, -0.2) is 0 Å².